The van der Waals surface area contributed by atoms with Gasteiger partial charge in [0.05, 0.1) is 23.0 Å². The molecule has 1 amide bonds. The van der Waals surface area contributed by atoms with Gasteiger partial charge in [-0.25, -0.2) is 0 Å². The Labute approximate surface area is 162 Å². The van der Waals surface area contributed by atoms with E-state index in [1.165, 1.54) is 11.3 Å². The number of carbonyl (C=O) groups excluding carboxylic acids is 1. The number of nitrogens with zero attached hydrogens (tertiary/aromatic N) is 3. The van der Waals surface area contributed by atoms with Crippen molar-refractivity contribution in [3.05, 3.63) is 64.5 Å². The fourth-order valence-corrected chi connectivity index (χ4v) is 4.46. The molecule has 1 aliphatic rings. The summed E-state index contributed by atoms with van der Waals surface area (Å²) in [6.07, 6.45) is 11.6. The summed E-state index contributed by atoms with van der Waals surface area (Å²) >= 11 is 1.58. The molecule has 1 aliphatic heterocycles. The molecule has 4 heterocycles. The van der Waals surface area contributed by atoms with Crippen LogP contribution >= 0.6 is 11.3 Å². The lowest BCUT2D eigenvalue weighted by Gasteiger charge is -2.21. The van der Waals surface area contributed by atoms with Crippen molar-refractivity contribution in [1.29, 1.82) is 0 Å². The van der Waals surface area contributed by atoms with Crippen molar-refractivity contribution in [3.8, 4) is 0 Å². The van der Waals surface area contributed by atoms with Gasteiger partial charge in [0.25, 0.3) is 5.91 Å². The third-order valence-corrected chi connectivity index (χ3v) is 5.86. The second-order valence-electron chi connectivity index (χ2n) is 6.63. The highest BCUT2D eigenvalue weighted by atomic mass is 32.1. The molecular weight excluding hydrogens is 360 g/mol. The predicted molar refractivity (Wildman–Crippen MR) is 107 cm³/mol. The van der Waals surface area contributed by atoms with Gasteiger partial charge >= 0.3 is 0 Å². The van der Waals surface area contributed by atoms with E-state index in [2.05, 4.69) is 27.5 Å². The maximum Gasteiger partial charge on any atom is 0.265 e. The van der Waals surface area contributed by atoms with E-state index < -0.39 is 0 Å². The Morgan fingerprint density at radius 3 is 3.15 bits per heavy atom. The molecule has 0 bridgehead atoms. The summed E-state index contributed by atoms with van der Waals surface area (Å²) in [5.74, 6) is 0.790. The SMILES string of the molecule is Cn1cc(NC(=O)c2ccc([C@H]3CCCN3C/C=C/c3ccco3)s2)cn1. The Kier molecular flexibility index (Phi) is 5.22. The van der Waals surface area contributed by atoms with Crippen molar-refractivity contribution >= 4 is 29.0 Å². The Morgan fingerprint density at radius 2 is 2.37 bits per heavy atom. The zero-order chi connectivity index (χ0) is 18.6. The summed E-state index contributed by atoms with van der Waals surface area (Å²) in [5, 5.41) is 6.97. The average Bonchev–Trinajstić information content (AvgIpc) is 3.43. The van der Waals surface area contributed by atoms with Gasteiger partial charge < -0.3 is 9.73 Å². The standard InChI is InChI=1S/C20H22N4O2S/c1-23-14-15(13-21-23)22-20(25)19-9-8-18(27-19)17-7-3-11-24(17)10-2-5-16-6-4-12-26-16/h2,4-6,8-9,12-14,17H,3,7,10-11H2,1H3,(H,22,25)/b5-2+/t17-/m1/s1. The summed E-state index contributed by atoms with van der Waals surface area (Å²) in [4.78, 5) is 16.9. The van der Waals surface area contributed by atoms with E-state index in [0.717, 1.165) is 30.1 Å². The van der Waals surface area contributed by atoms with Crippen LogP contribution < -0.4 is 5.32 Å². The van der Waals surface area contributed by atoms with Crippen molar-refractivity contribution in [2.24, 2.45) is 7.05 Å². The second-order valence-corrected chi connectivity index (χ2v) is 7.74. The molecule has 0 aromatic carbocycles. The van der Waals surface area contributed by atoms with Gasteiger partial charge in [0.2, 0.25) is 0 Å². The van der Waals surface area contributed by atoms with Gasteiger partial charge in [0.1, 0.15) is 5.76 Å². The lowest BCUT2D eigenvalue weighted by molar-refractivity contribution is 0.103. The maximum atomic E-state index is 12.5. The molecule has 1 saturated heterocycles. The van der Waals surface area contributed by atoms with Gasteiger partial charge in [-0.2, -0.15) is 5.10 Å². The zero-order valence-corrected chi connectivity index (χ0v) is 16.0. The number of anilines is 1. The Bertz CT molecular complexity index is 926. The molecule has 27 heavy (non-hydrogen) atoms. The van der Waals surface area contributed by atoms with Crippen LogP contribution in [0.2, 0.25) is 0 Å². The fourth-order valence-electron chi connectivity index (χ4n) is 3.39. The number of likely N-dealkylation sites (tertiary alicyclic amines) is 1. The minimum Gasteiger partial charge on any atom is -0.465 e. The number of hydrogen-bond donors (Lipinski definition) is 1. The Morgan fingerprint density at radius 1 is 1.44 bits per heavy atom. The molecule has 4 rings (SSSR count). The van der Waals surface area contributed by atoms with E-state index in [0.29, 0.717) is 11.7 Å². The van der Waals surface area contributed by atoms with Gasteiger partial charge in [0.15, 0.2) is 0 Å². The number of hydrogen-bond acceptors (Lipinski definition) is 5. The average molecular weight is 382 g/mol. The topological polar surface area (TPSA) is 63.3 Å². The van der Waals surface area contributed by atoms with Gasteiger partial charge in [-0.15, -0.1) is 11.3 Å². The molecule has 0 saturated carbocycles. The monoisotopic (exact) mass is 382 g/mol. The van der Waals surface area contributed by atoms with E-state index >= 15 is 0 Å². The van der Waals surface area contributed by atoms with E-state index in [1.54, 1.807) is 34.7 Å². The molecule has 140 valence electrons. The number of nitrogens with one attached hydrogen (secondary N) is 1. The molecule has 3 aromatic heterocycles. The highest BCUT2D eigenvalue weighted by molar-refractivity contribution is 7.14. The third-order valence-electron chi connectivity index (χ3n) is 4.67. The number of carbonyl (C=O) groups is 1. The van der Waals surface area contributed by atoms with Crippen molar-refractivity contribution < 1.29 is 9.21 Å². The molecule has 1 atom stereocenters. The van der Waals surface area contributed by atoms with Crippen molar-refractivity contribution in [2.45, 2.75) is 18.9 Å². The predicted octanol–water partition coefficient (Wildman–Crippen LogP) is 4.18. The van der Waals surface area contributed by atoms with E-state index in [1.807, 2.05) is 31.3 Å². The van der Waals surface area contributed by atoms with Crippen LogP contribution in [0.15, 0.2) is 53.4 Å². The van der Waals surface area contributed by atoms with Gasteiger partial charge in [0, 0.05) is 30.7 Å². The summed E-state index contributed by atoms with van der Waals surface area (Å²) in [6, 6.07) is 8.21. The normalized spacial score (nSPS) is 17.7. The van der Waals surface area contributed by atoms with E-state index in [9.17, 15) is 4.79 Å². The second kappa shape index (κ2) is 7.94. The lowest BCUT2D eigenvalue weighted by atomic mass is 10.2. The van der Waals surface area contributed by atoms with Crippen molar-refractivity contribution in [3.63, 3.8) is 0 Å². The number of rotatable bonds is 6. The van der Waals surface area contributed by atoms with Crippen LogP contribution in [-0.2, 0) is 7.05 Å². The molecule has 1 N–H and O–H groups in total. The molecule has 3 aromatic rings. The third kappa shape index (κ3) is 4.20. The number of aromatic nitrogens is 2. The van der Waals surface area contributed by atoms with Crippen molar-refractivity contribution in [2.75, 3.05) is 18.4 Å². The van der Waals surface area contributed by atoms with Crippen LogP contribution in [0.4, 0.5) is 5.69 Å². The highest BCUT2D eigenvalue weighted by Gasteiger charge is 2.27. The highest BCUT2D eigenvalue weighted by Crippen LogP contribution is 2.36. The molecule has 0 spiro atoms. The first-order valence-electron chi connectivity index (χ1n) is 9.03. The summed E-state index contributed by atoms with van der Waals surface area (Å²) < 4.78 is 7.00. The Hall–Kier alpha value is -2.64. The van der Waals surface area contributed by atoms with Gasteiger partial charge in [-0.05, 0) is 49.7 Å². The quantitative estimate of drug-likeness (QED) is 0.695. The Balaban J connectivity index is 1.39. The first-order valence-corrected chi connectivity index (χ1v) is 9.84. The summed E-state index contributed by atoms with van der Waals surface area (Å²) in [6.45, 7) is 1.95. The minimum absolute atomic E-state index is 0.0819. The fraction of sp³-hybridized carbons (Fsp3) is 0.300. The van der Waals surface area contributed by atoms with E-state index in [4.69, 9.17) is 4.42 Å². The molecule has 0 aliphatic carbocycles. The number of furan rings is 1. The van der Waals surface area contributed by atoms with Crippen LogP contribution in [0.1, 0.15) is 39.2 Å². The summed E-state index contributed by atoms with van der Waals surface area (Å²) in [7, 11) is 1.83. The first-order chi connectivity index (χ1) is 13.2. The van der Waals surface area contributed by atoms with E-state index in [-0.39, 0.29) is 5.91 Å². The zero-order valence-electron chi connectivity index (χ0n) is 15.2. The lowest BCUT2D eigenvalue weighted by Crippen LogP contribution is -2.22. The first kappa shape index (κ1) is 17.8. The molecular formula is C20H22N4O2S. The van der Waals surface area contributed by atoms with Gasteiger partial charge in [-0.1, -0.05) is 6.08 Å². The van der Waals surface area contributed by atoms with Gasteiger partial charge in [-0.3, -0.25) is 14.4 Å². The number of aryl methyl sites for hydroxylation is 1. The van der Waals surface area contributed by atoms with Crippen LogP contribution in [0.5, 0.6) is 0 Å². The van der Waals surface area contributed by atoms with Crippen molar-refractivity contribution in [1.82, 2.24) is 14.7 Å². The number of thiophene rings is 1. The molecule has 1 fully saturated rings. The maximum absolute atomic E-state index is 12.5. The smallest absolute Gasteiger partial charge is 0.265 e. The van der Waals surface area contributed by atoms with Crippen LogP contribution in [0.3, 0.4) is 0 Å². The van der Waals surface area contributed by atoms with Crippen LogP contribution in [0, 0.1) is 0 Å². The number of amides is 1. The largest absolute Gasteiger partial charge is 0.465 e. The molecule has 6 nitrogen and oxygen atoms in total. The molecule has 0 radical (unpaired) electrons. The molecule has 7 heteroatoms. The minimum atomic E-state index is -0.0819. The summed E-state index contributed by atoms with van der Waals surface area (Å²) in [5.41, 5.74) is 0.711. The van der Waals surface area contributed by atoms with Crippen LogP contribution in [-0.4, -0.2) is 33.7 Å². The van der Waals surface area contributed by atoms with Crippen LogP contribution in [0.25, 0.3) is 6.08 Å². The molecule has 0 unspecified atom stereocenters.